The normalized spacial score (nSPS) is 10.6. The first-order valence-corrected chi connectivity index (χ1v) is 6.55. The Morgan fingerprint density at radius 1 is 1.11 bits per heavy atom. The van der Waals surface area contributed by atoms with Crippen LogP contribution in [-0.4, -0.2) is 16.0 Å². The fourth-order valence-corrected chi connectivity index (χ4v) is 1.91. The van der Waals surface area contributed by atoms with Crippen LogP contribution in [0, 0.1) is 6.92 Å². The lowest BCUT2D eigenvalue weighted by Crippen LogP contribution is -2.12. The molecule has 0 saturated heterocycles. The van der Waals surface area contributed by atoms with Crippen molar-refractivity contribution in [1.29, 1.82) is 0 Å². The maximum absolute atomic E-state index is 5.96. The molecule has 0 radical (unpaired) electrons. The molecule has 0 fully saturated rings. The standard InChI is InChI=1S/C14H17ClN4/c1-9(2)16-13-8-14(18-10(3)17-13)19-12-6-4-5-11(15)7-12/h4-9H,1-3H3,(H2,16,17,18,19). The molecule has 0 aliphatic heterocycles. The molecule has 19 heavy (non-hydrogen) atoms. The molecule has 1 heterocycles. The molecule has 0 unspecified atom stereocenters. The van der Waals surface area contributed by atoms with E-state index in [0.717, 1.165) is 23.1 Å². The van der Waals surface area contributed by atoms with Crippen molar-refractivity contribution in [1.82, 2.24) is 9.97 Å². The van der Waals surface area contributed by atoms with Crippen LogP contribution in [-0.2, 0) is 0 Å². The molecule has 2 N–H and O–H groups in total. The molecule has 2 aromatic rings. The number of rotatable bonds is 4. The Balaban J connectivity index is 2.22. The van der Waals surface area contributed by atoms with E-state index < -0.39 is 0 Å². The van der Waals surface area contributed by atoms with Gasteiger partial charge in [0.05, 0.1) is 0 Å². The van der Waals surface area contributed by atoms with Gasteiger partial charge in [0.25, 0.3) is 0 Å². The summed E-state index contributed by atoms with van der Waals surface area (Å²) in [5, 5.41) is 7.18. The SMILES string of the molecule is Cc1nc(Nc2cccc(Cl)c2)cc(NC(C)C)n1. The molecule has 0 aliphatic rings. The van der Waals surface area contributed by atoms with Crippen molar-refractivity contribution in [2.75, 3.05) is 10.6 Å². The summed E-state index contributed by atoms with van der Waals surface area (Å²) in [6.45, 7) is 6.01. The van der Waals surface area contributed by atoms with Crippen molar-refractivity contribution in [2.45, 2.75) is 26.8 Å². The van der Waals surface area contributed by atoms with E-state index in [-0.39, 0.29) is 0 Å². The van der Waals surface area contributed by atoms with E-state index in [2.05, 4.69) is 34.4 Å². The number of nitrogens with one attached hydrogen (secondary N) is 2. The molecule has 1 aromatic carbocycles. The molecule has 0 saturated carbocycles. The zero-order valence-electron chi connectivity index (χ0n) is 11.2. The van der Waals surface area contributed by atoms with E-state index in [1.165, 1.54) is 0 Å². The van der Waals surface area contributed by atoms with Gasteiger partial charge in [-0.15, -0.1) is 0 Å². The van der Waals surface area contributed by atoms with E-state index >= 15 is 0 Å². The Hall–Kier alpha value is -1.81. The Morgan fingerprint density at radius 2 is 1.84 bits per heavy atom. The zero-order valence-corrected chi connectivity index (χ0v) is 12.0. The van der Waals surface area contributed by atoms with Gasteiger partial charge in [0, 0.05) is 22.8 Å². The summed E-state index contributed by atoms with van der Waals surface area (Å²) in [7, 11) is 0. The Morgan fingerprint density at radius 3 is 2.53 bits per heavy atom. The van der Waals surface area contributed by atoms with E-state index in [0.29, 0.717) is 11.1 Å². The van der Waals surface area contributed by atoms with Crippen molar-refractivity contribution >= 4 is 28.9 Å². The monoisotopic (exact) mass is 276 g/mol. The minimum atomic E-state index is 0.327. The third-order valence-electron chi connectivity index (χ3n) is 2.37. The van der Waals surface area contributed by atoms with Crippen molar-refractivity contribution in [3.05, 3.63) is 41.2 Å². The highest BCUT2D eigenvalue weighted by Crippen LogP contribution is 2.20. The first kappa shape index (κ1) is 13.6. The lowest BCUT2D eigenvalue weighted by molar-refractivity contribution is 0.881. The van der Waals surface area contributed by atoms with Gasteiger partial charge in [-0.25, -0.2) is 9.97 Å². The predicted octanol–water partition coefficient (Wildman–Crippen LogP) is 4.00. The third kappa shape index (κ3) is 4.10. The van der Waals surface area contributed by atoms with Crippen molar-refractivity contribution in [3.63, 3.8) is 0 Å². The van der Waals surface area contributed by atoms with Crippen molar-refractivity contribution in [3.8, 4) is 0 Å². The molecule has 0 spiro atoms. The number of aromatic nitrogens is 2. The van der Waals surface area contributed by atoms with E-state index in [1.54, 1.807) is 0 Å². The Kier molecular flexibility index (Phi) is 4.22. The van der Waals surface area contributed by atoms with Crippen LogP contribution in [0.3, 0.4) is 0 Å². The summed E-state index contributed by atoms with van der Waals surface area (Å²) in [6, 6.07) is 9.74. The smallest absolute Gasteiger partial charge is 0.136 e. The minimum Gasteiger partial charge on any atom is -0.368 e. The van der Waals surface area contributed by atoms with Gasteiger partial charge in [0.2, 0.25) is 0 Å². The zero-order chi connectivity index (χ0) is 13.8. The maximum atomic E-state index is 5.96. The van der Waals surface area contributed by atoms with Gasteiger partial charge in [-0.05, 0) is 39.0 Å². The second-order valence-corrected chi connectivity index (χ2v) is 5.06. The lowest BCUT2D eigenvalue weighted by Gasteiger charge is -2.12. The van der Waals surface area contributed by atoms with Crippen LogP contribution in [0.15, 0.2) is 30.3 Å². The largest absolute Gasteiger partial charge is 0.368 e. The fourth-order valence-electron chi connectivity index (χ4n) is 1.72. The first-order valence-electron chi connectivity index (χ1n) is 6.18. The van der Waals surface area contributed by atoms with Gasteiger partial charge >= 0.3 is 0 Å². The highest BCUT2D eigenvalue weighted by molar-refractivity contribution is 6.30. The second-order valence-electron chi connectivity index (χ2n) is 4.62. The Labute approximate surface area is 118 Å². The number of aryl methyl sites for hydroxylation is 1. The summed E-state index contributed by atoms with van der Waals surface area (Å²) in [6.07, 6.45) is 0. The van der Waals surface area contributed by atoms with Gasteiger partial charge < -0.3 is 10.6 Å². The number of hydrogen-bond acceptors (Lipinski definition) is 4. The highest BCUT2D eigenvalue weighted by atomic mass is 35.5. The van der Waals surface area contributed by atoms with Gasteiger partial charge in [0.15, 0.2) is 0 Å². The summed E-state index contributed by atoms with van der Waals surface area (Å²) < 4.78 is 0. The molecule has 0 aliphatic carbocycles. The van der Waals surface area contributed by atoms with E-state index in [1.807, 2.05) is 37.3 Å². The average molecular weight is 277 g/mol. The molecule has 0 bridgehead atoms. The predicted molar refractivity (Wildman–Crippen MR) is 80.3 cm³/mol. The fraction of sp³-hybridized carbons (Fsp3) is 0.286. The van der Waals surface area contributed by atoms with Crippen LogP contribution >= 0.6 is 11.6 Å². The number of hydrogen-bond donors (Lipinski definition) is 2. The number of halogens is 1. The number of benzene rings is 1. The molecular formula is C14H17ClN4. The first-order chi connectivity index (χ1) is 9.02. The molecule has 0 amide bonds. The molecular weight excluding hydrogens is 260 g/mol. The number of nitrogens with zero attached hydrogens (tertiary/aromatic N) is 2. The van der Waals surface area contributed by atoms with Crippen molar-refractivity contribution in [2.24, 2.45) is 0 Å². The highest BCUT2D eigenvalue weighted by Gasteiger charge is 2.04. The van der Waals surface area contributed by atoms with Crippen LogP contribution in [0.5, 0.6) is 0 Å². The molecule has 5 heteroatoms. The second kappa shape index (κ2) is 5.89. The van der Waals surface area contributed by atoms with Crippen LogP contribution in [0.2, 0.25) is 5.02 Å². The third-order valence-corrected chi connectivity index (χ3v) is 2.61. The van der Waals surface area contributed by atoms with Gasteiger partial charge in [-0.3, -0.25) is 0 Å². The summed E-state index contributed by atoms with van der Waals surface area (Å²) in [4.78, 5) is 8.71. The maximum Gasteiger partial charge on any atom is 0.136 e. The molecule has 0 atom stereocenters. The van der Waals surface area contributed by atoms with Gasteiger partial charge in [-0.2, -0.15) is 0 Å². The molecule has 1 aromatic heterocycles. The van der Waals surface area contributed by atoms with E-state index in [4.69, 9.17) is 11.6 Å². The van der Waals surface area contributed by atoms with Crippen LogP contribution in [0.1, 0.15) is 19.7 Å². The minimum absolute atomic E-state index is 0.327. The summed E-state index contributed by atoms with van der Waals surface area (Å²) in [5.74, 6) is 2.28. The molecule has 100 valence electrons. The topological polar surface area (TPSA) is 49.8 Å². The van der Waals surface area contributed by atoms with Crippen LogP contribution < -0.4 is 10.6 Å². The van der Waals surface area contributed by atoms with E-state index in [9.17, 15) is 0 Å². The van der Waals surface area contributed by atoms with Crippen molar-refractivity contribution < 1.29 is 0 Å². The van der Waals surface area contributed by atoms with Crippen LogP contribution in [0.25, 0.3) is 0 Å². The average Bonchev–Trinajstić information content (AvgIpc) is 2.26. The molecule has 4 nitrogen and oxygen atoms in total. The lowest BCUT2D eigenvalue weighted by atomic mass is 10.3. The quantitative estimate of drug-likeness (QED) is 0.886. The Bertz CT molecular complexity index is 569. The number of anilines is 3. The summed E-state index contributed by atoms with van der Waals surface area (Å²) >= 11 is 5.96. The van der Waals surface area contributed by atoms with Gasteiger partial charge in [-0.1, -0.05) is 17.7 Å². The van der Waals surface area contributed by atoms with Gasteiger partial charge in [0.1, 0.15) is 17.5 Å². The summed E-state index contributed by atoms with van der Waals surface area (Å²) in [5.41, 5.74) is 0.904. The molecule has 2 rings (SSSR count). The van der Waals surface area contributed by atoms with Crippen LogP contribution in [0.4, 0.5) is 17.3 Å².